The Morgan fingerprint density at radius 3 is 2.37 bits per heavy atom. The summed E-state index contributed by atoms with van der Waals surface area (Å²) in [6.45, 7) is 0. The number of nitrogens with zero attached hydrogens (tertiary/aromatic N) is 2. The van der Waals surface area contributed by atoms with Gasteiger partial charge in [0.05, 0.1) is 11.0 Å². The molecule has 3 nitrogen and oxygen atoms in total. The molecule has 94 valence electrons. The van der Waals surface area contributed by atoms with Crippen molar-refractivity contribution < 1.29 is 4.39 Å². The van der Waals surface area contributed by atoms with Gasteiger partial charge in [-0.3, -0.25) is 0 Å². The Morgan fingerprint density at radius 2 is 1.68 bits per heavy atom. The summed E-state index contributed by atoms with van der Waals surface area (Å²) in [7, 11) is 0. The van der Waals surface area contributed by atoms with Gasteiger partial charge in [-0.25, -0.2) is 14.4 Å². The highest BCUT2D eigenvalue weighted by Crippen LogP contribution is 2.28. The van der Waals surface area contributed by atoms with E-state index in [9.17, 15) is 4.39 Å². The third kappa shape index (κ3) is 2.11. The summed E-state index contributed by atoms with van der Waals surface area (Å²) in [6.07, 6.45) is 0. The molecule has 2 N–H and O–H groups in total. The topological polar surface area (TPSA) is 51.8 Å². The first-order valence-corrected chi connectivity index (χ1v) is 6.00. The fraction of sp³-hybridized carbons (Fsp3) is 0. The lowest BCUT2D eigenvalue weighted by Gasteiger charge is -2.07. The third-order valence-corrected chi connectivity index (χ3v) is 3.02. The van der Waals surface area contributed by atoms with Crippen LogP contribution in [0.3, 0.4) is 0 Å². The number of aromatic nitrogens is 2. The fourth-order valence-corrected chi connectivity index (χ4v) is 2.05. The van der Waals surface area contributed by atoms with E-state index in [2.05, 4.69) is 9.97 Å². The highest BCUT2D eigenvalue weighted by atomic mass is 35.5. The van der Waals surface area contributed by atoms with Gasteiger partial charge in [-0.05, 0) is 30.3 Å². The third-order valence-electron chi connectivity index (χ3n) is 2.78. The number of nitrogen functional groups attached to an aromatic ring is 1. The Labute approximate surface area is 113 Å². The van der Waals surface area contributed by atoms with Gasteiger partial charge in [-0.2, -0.15) is 0 Å². The SMILES string of the molecule is Nc1nc2ccccc2nc1-c1ccc(Cl)cc1F. The second kappa shape index (κ2) is 4.48. The van der Waals surface area contributed by atoms with Gasteiger partial charge < -0.3 is 5.73 Å². The number of para-hydroxylation sites is 2. The van der Waals surface area contributed by atoms with Crippen LogP contribution < -0.4 is 5.73 Å². The minimum absolute atomic E-state index is 0.194. The van der Waals surface area contributed by atoms with Crippen molar-refractivity contribution in [1.29, 1.82) is 0 Å². The average Bonchev–Trinajstić information content (AvgIpc) is 2.38. The molecule has 1 heterocycles. The van der Waals surface area contributed by atoms with Crippen LogP contribution in [0.4, 0.5) is 10.2 Å². The standard InChI is InChI=1S/C14H9ClFN3/c15-8-5-6-9(10(16)7-8)13-14(17)19-12-4-2-1-3-11(12)18-13/h1-7H,(H2,17,19). The molecular formula is C14H9ClFN3. The zero-order valence-electron chi connectivity index (χ0n) is 9.77. The van der Waals surface area contributed by atoms with Crippen molar-refractivity contribution in [3.05, 3.63) is 53.3 Å². The van der Waals surface area contributed by atoms with Crippen LogP contribution in [-0.4, -0.2) is 9.97 Å². The van der Waals surface area contributed by atoms with Crippen LogP contribution in [0.25, 0.3) is 22.3 Å². The summed E-state index contributed by atoms with van der Waals surface area (Å²) >= 11 is 5.73. The Bertz CT molecular complexity index is 774. The monoisotopic (exact) mass is 273 g/mol. The van der Waals surface area contributed by atoms with Crippen LogP contribution >= 0.6 is 11.6 Å². The van der Waals surface area contributed by atoms with Crippen molar-refractivity contribution in [2.75, 3.05) is 5.73 Å². The largest absolute Gasteiger partial charge is 0.382 e. The Morgan fingerprint density at radius 1 is 1.00 bits per heavy atom. The first-order valence-electron chi connectivity index (χ1n) is 5.63. The minimum atomic E-state index is -0.469. The quantitative estimate of drug-likeness (QED) is 0.736. The Hall–Kier alpha value is -2.20. The second-order valence-corrected chi connectivity index (χ2v) is 4.51. The summed E-state index contributed by atoms with van der Waals surface area (Å²) < 4.78 is 13.9. The molecule has 0 fully saturated rings. The van der Waals surface area contributed by atoms with Crippen LogP contribution in [-0.2, 0) is 0 Å². The lowest BCUT2D eigenvalue weighted by atomic mass is 10.1. The van der Waals surface area contributed by atoms with Crippen molar-refractivity contribution >= 4 is 28.5 Å². The number of fused-ring (bicyclic) bond motifs is 1. The maximum absolute atomic E-state index is 13.9. The maximum atomic E-state index is 13.9. The van der Waals surface area contributed by atoms with E-state index >= 15 is 0 Å². The number of nitrogens with two attached hydrogens (primary N) is 1. The lowest BCUT2D eigenvalue weighted by molar-refractivity contribution is 0.631. The van der Waals surface area contributed by atoms with Gasteiger partial charge in [0.1, 0.15) is 11.5 Å². The number of benzene rings is 2. The number of hydrogen-bond donors (Lipinski definition) is 1. The van der Waals surface area contributed by atoms with E-state index in [4.69, 9.17) is 17.3 Å². The highest BCUT2D eigenvalue weighted by molar-refractivity contribution is 6.30. The lowest BCUT2D eigenvalue weighted by Crippen LogP contribution is -1.99. The average molecular weight is 274 g/mol. The van der Waals surface area contributed by atoms with E-state index in [0.29, 0.717) is 27.3 Å². The number of halogens is 2. The first kappa shape index (κ1) is 11.9. The van der Waals surface area contributed by atoms with Crippen LogP contribution in [0.2, 0.25) is 5.02 Å². The van der Waals surface area contributed by atoms with Crippen molar-refractivity contribution in [1.82, 2.24) is 9.97 Å². The predicted octanol–water partition coefficient (Wildman–Crippen LogP) is 3.67. The van der Waals surface area contributed by atoms with Crippen LogP contribution in [0.5, 0.6) is 0 Å². The maximum Gasteiger partial charge on any atom is 0.150 e. The number of anilines is 1. The molecule has 3 rings (SSSR count). The molecule has 0 aliphatic rings. The van der Waals surface area contributed by atoms with Gasteiger partial charge in [0, 0.05) is 10.6 Å². The molecule has 0 spiro atoms. The summed E-state index contributed by atoms with van der Waals surface area (Å²) in [5.41, 5.74) is 7.82. The summed E-state index contributed by atoms with van der Waals surface area (Å²) in [5, 5.41) is 0.327. The van der Waals surface area contributed by atoms with Gasteiger partial charge >= 0.3 is 0 Å². The molecule has 3 aromatic rings. The van der Waals surface area contributed by atoms with Crippen LogP contribution in [0.15, 0.2) is 42.5 Å². The van der Waals surface area contributed by atoms with Crippen molar-refractivity contribution in [2.45, 2.75) is 0 Å². The molecule has 0 aliphatic heterocycles. The number of rotatable bonds is 1. The number of hydrogen-bond acceptors (Lipinski definition) is 3. The molecule has 0 saturated carbocycles. The van der Waals surface area contributed by atoms with E-state index in [1.54, 1.807) is 24.3 Å². The summed E-state index contributed by atoms with van der Waals surface area (Å²) in [6, 6.07) is 11.7. The van der Waals surface area contributed by atoms with Gasteiger partial charge in [-0.15, -0.1) is 0 Å². The van der Waals surface area contributed by atoms with Gasteiger partial charge in [0.25, 0.3) is 0 Å². The molecule has 2 aromatic carbocycles. The van der Waals surface area contributed by atoms with Gasteiger partial charge in [-0.1, -0.05) is 23.7 Å². The second-order valence-electron chi connectivity index (χ2n) is 4.07. The Kier molecular flexibility index (Phi) is 2.80. The van der Waals surface area contributed by atoms with Crippen LogP contribution in [0.1, 0.15) is 0 Å². The molecular weight excluding hydrogens is 265 g/mol. The molecule has 0 amide bonds. The van der Waals surface area contributed by atoms with Crippen molar-refractivity contribution in [3.63, 3.8) is 0 Å². The predicted molar refractivity (Wildman–Crippen MR) is 74.4 cm³/mol. The zero-order valence-corrected chi connectivity index (χ0v) is 10.5. The minimum Gasteiger partial charge on any atom is -0.382 e. The normalized spacial score (nSPS) is 10.8. The molecule has 0 unspecified atom stereocenters. The summed E-state index contributed by atoms with van der Waals surface area (Å²) in [5.74, 6) is -0.274. The molecule has 0 saturated heterocycles. The van der Waals surface area contributed by atoms with Gasteiger partial charge in [0.15, 0.2) is 5.82 Å². The van der Waals surface area contributed by atoms with Crippen molar-refractivity contribution in [2.24, 2.45) is 0 Å². The van der Waals surface area contributed by atoms with E-state index in [1.165, 1.54) is 6.07 Å². The van der Waals surface area contributed by atoms with E-state index in [0.717, 1.165) is 0 Å². The molecule has 0 bridgehead atoms. The highest BCUT2D eigenvalue weighted by Gasteiger charge is 2.12. The molecule has 19 heavy (non-hydrogen) atoms. The molecule has 5 heteroatoms. The summed E-state index contributed by atoms with van der Waals surface area (Å²) in [4.78, 5) is 8.60. The smallest absolute Gasteiger partial charge is 0.150 e. The van der Waals surface area contributed by atoms with E-state index < -0.39 is 5.82 Å². The van der Waals surface area contributed by atoms with Crippen molar-refractivity contribution in [3.8, 4) is 11.3 Å². The Balaban J connectivity index is 2.27. The molecule has 0 aliphatic carbocycles. The molecule has 0 atom stereocenters. The van der Waals surface area contributed by atoms with Crippen LogP contribution in [0, 0.1) is 5.82 Å². The molecule has 1 aromatic heterocycles. The molecule has 0 radical (unpaired) electrons. The fourth-order valence-electron chi connectivity index (χ4n) is 1.89. The van der Waals surface area contributed by atoms with E-state index in [-0.39, 0.29) is 5.82 Å². The zero-order chi connectivity index (χ0) is 13.4. The van der Waals surface area contributed by atoms with Gasteiger partial charge in [0.2, 0.25) is 0 Å². The first-order chi connectivity index (χ1) is 9.15. The van der Waals surface area contributed by atoms with E-state index in [1.807, 2.05) is 12.1 Å².